The van der Waals surface area contributed by atoms with Crippen LogP contribution in [0.1, 0.15) is 19.0 Å². The molecule has 1 aliphatic heterocycles. The zero-order valence-electron chi connectivity index (χ0n) is 12.0. The first-order valence-electron chi connectivity index (χ1n) is 7.19. The van der Waals surface area contributed by atoms with Crippen molar-refractivity contribution in [1.29, 1.82) is 0 Å². The highest BCUT2D eigenvalue weighted by Crippen LogP contribution is 2.31. The van der Waals surface area contributed by atoms with E-state index < -0.39 is 0 Å². The van der Waals surface area contributed by atoms with Gasteiger partial charge in [0, 0.05) is 6.07 Å². The highest BCUT2D eigenvalue weighted by atomic mass is 16.6. The van der Waals surface area contributed by atoms with Gasteiger partial charge in [-0.1, -0.05) is 12.1 Å². The molecular weight excluding hydrogens is 268 g/mol. The van der Waals surface area contributed by atoms with Gasteiger partial charge >= 0.3 is 0 Å². The fraction of sp³-hybridized carbons (Fsp3) is 0.375. The van der Waals surface area contributed by atoms with Crippen molar-refractivity contribution >= 4 is 0 Å². The van der Waals surface area contributed by atoms with E-state index in [0.29, 0.717) is 19.1 Å². The van der Waals surface area contributed by atoms with E-state index in [1.54, 1.807) is 0 Å². The van der Waals surface area contributed by atoms with E-state index in [1.807, 2.05) is 43.3 Å². The van der Waals surface area contributed by atoms with Gasteiger partial charge in [-0.05, 0) is 38.0 Å². The van der Waals surface area contributed by atoms with Crippen LogP contribution in [0, 0.1) is 0 Å². The molecule has 5 heteroatoms. The predicted octanol–water partition coefficient (Wildman–Crippen LogP) is 2.65. The van der Waals surface area contributed by atoms with Crippen LogP contribution in [-0.2, 0) is 6.42 Å². The molecule has 1 aromatic heterocycles. The van der Waals surface area contributed by atoms with Gasteiger partial charge in [-0.25, -0.2) is 0 Å². The van der Waals surface area contributed by atoms with Gasteiger partial charge in [0.2, 0.25) is 5.88 Å². The number of rotatable bonds is 5. The molecule has 3 rings (SSSR count). The number of para-hydroxylation sites is 2. The highest BCUT2D eigenvalue weighted by Gasteiger charge is 2.20. The molecule has 110 valence electrons. The molecule has 0 unspecified atom stereocenters. The third kappa shape index (κ3) is 3.42. The molecule has 1 atom stereocenters. The van der Waals surface area contributed by atoms with E-state index in [2.05, 4.69) is 10.2 Å². The molecule has 0 radical (unpaired) electrons. The molecule has 5 nitrogen and oxygen atoms in total. The molecule has 0 spiro atoms. The van der Waals surface area contributed by atoms with Crippen molar-refractivity contribution in [3.8, 4) is 17.4 Å². The van der Waals surface area contributed by atoms with Crippen molar-refractivity contribution in [2.24, 2.45) is 0 Å². The van der Waals surface area contributed by atoms with Gasteiger partial charge in [0.1, 0.15) is 12.7 Å². The number of aromatic nitrogens is 2. The van der Waals surface area contributed by atoms with Gasteiger partial charge in [0.25, 0.3) is 0 Å². The van der Waals surface area contributed by atoms with Crippen LogP contribution in [0.25, 0.3) is 0 Å². The molecule has 0 amide bonds. The number of ether oxygens (including phenoxy) is 3. The molecule has 0 saturated heterocycles. The normalized spacial score (nSPS) is 16.5. The summed E-state index contributed by atoms with van der Waals surface area (Å²) < 4.78 is 16.9. The molecule has 21 heavy (non-hydrogen) atoms. The first kappa shape index (κ1) is 13.7. The standard InChI is InChI=1S/C16H18N2O3/c1-2-19-16-10-8-12(17-18-16)7-9-13-11-20-14-5-3-4-6-15(14)21-13/h3-6,8,10,13H,2,7,9,11H2,1H3/t13-/m0/s1. The molecule has 0 N–H and O–H groups in total. The lowest BCUT2D eigenvalue weighted by molar-refractivity contribution is 0.0849. The Bertz CT molecular complexity index is 586. The summed E-state index contributed by atoms with van der Waals surface area (Å²) in [6.07, 6.45) is 1.69. The maximum atomic E-state index is 5.92. The monoisotopic (exact) mass is 286 g/mol. The van der Waals surface area contributed by atoms with Crippen LogP contribution in [0.5, 0.6) is 17.4 Å². The van der Waals surface area contributed by atoms with Crippen LogP contribution in [0.15, 0.2) is 36.4 Å². The predicted molar refractivity (Wildman–Crippen MR) is 77.9 cm³/mol. The smallest absolute Gasteiger partial charge is 0.233 e. The third-order valence-corrected chi connectivity index (χ3v) is 3.28. The van der Waals surface area contributed by atoms with Crippen molar-refractivity contribution in [3.63, 3.8) is 0 Å². The SMILES string of the molecule is CCOc1ccc(CC[C@H]2COc3ccccc3O2)nn1. The zero-order chi connectivity index (χ0) is 14.5. The van der Waals surface area contributed by atoms with Crippen molar-refractivity contribution < 1.29 is 14.2 Å². The maximum Gasteiger partial charge on any atom is 0.233 e. The maximum absolute atomic E-state index is 5.92. The topological polar surface area (TPSA) is 53.5 Å². The van der Waals surface area contributed by atoms with Gasteiger partial charge in [-0.2, -0.15) is 5.10 Å². The van der Waals surface area contributed by atoms with E-state index in [1.165, 1.54) is 0 Å². The van der Waals surface area contributed by atoms with Crippen molar-refractivity contribution in [3.05, 3.63) is 42.1 Å². The molecule has 0 saturated carbocycles. The first-order chi connectivity index (χ1) is 10.3. The van der Waals surface area contributed by atoms with E-state index >= 15 is 0 Å². The average Bonchev–Trinajstić information content (AvgIpc) is 2.54. The van der Waals surface area contributed by atoms with Crippen molar-refractivity contribution in [2.75, 3.05) is 13.2 Å². The van der Waals surface area contributed by atoms with Crippen molar-refractivity contribution in [1.82, 2.24) is 10.2 Å². The Labute approximate surface area is 123 Å². The van der Waals surface area contributed by atoms with Gasteiger partial charge in [-0.3, -0.25) is 0 Å². The second kappa shape index (κ2) is 6.43. The van der Waals surface area contributed by atoms with Crippen LogP contribution in [0.2, 0.25) is 0 Å². The Kier molecular flexibility index (Phi) is 4.19. The molecular formula is C16H18N2O3. The quantitative estimate of drug-likeness (QED) is 0.845. The fourth-order valence-electron chi connectivity index (χ4n) is 2.22. The summed E-state index contributed by atoms with van der Waals surface area (Å²) in [5, 5.41) is 8.18. The summed E-state index contributed by atoms with van der Waals surface area (Å²) in [7, 11) is 0. The number of aryl methyl sites for hydroxylation is 1. The number of hydrogen-bond donors (Lipinski definition) is 0. The van der Waals surface area contributed by atoms with Crippen LogP contribution in [0.3, 0.4) is 0 Å². The van der Waals surface area contributed by atoms with Crippen LogP contribution in [0.4, 0.5) is 0 Å². The molecule has 0 aliphatic carbocycles. The van der Waals surface area contributed by atoms with E-state index in [9.17, 15) is 0 Å². The molecule has 0 bridgehead atoms. The molecule has 2 aromatic rings. The largest absolute Gasteiger partial charge is 0.486 e. The number of hydrogen-bond acceptors (Lipinski definition) is 5. The van der Waals surface area contributed by atoms with Crippen molar-refractivity contribution in [2.45, 2.75) is 25.9 Å². The lowest BCUT2D eigenvalue weighted by Gasteiger charge is -2.26. The van der Waals surface area contributed by atoms with Gasteiger partial charge < -0.3 is 14.2 Å². The average molecular weight is 286 g/mol. The summed E-state index contributed by atoms with van der Waals surface area (Å²) in [5.41, 5.74) is 0.931. The Morgan fingerprint density at radius 3 is 2.76 bits per heavy atom. The molecule has 2 heterocycles. The third-order valence-electron chi connectivity index (χ3n) is 3.28. The van der Waals surface area contributed by atoms with Crippen LogP contribution < -0.4 is 14.2 Å². The number of benzene rings is 1. The van der Waals surface area contributed by atoms with E-state index in [-0.39, 0.29) is 6.10 Å². The Morgan fingerprint density at radius 1 is 1.14 bits per heavy atom. The second-order valence-electron chi connectivity index (χ2n) is 4.83. The molecule has 1 aromatic carbocycles. The first-order valence-corrected chi connectivity index (χ1v) is 7.19. The second-order valence-corrected chi connectivity index (χ2v) is 4.83. The Balaban J connectivity index is 1.54. The molecule has 1 aliphatic rings. The summed E-state index contributed by atoms with van der Waals surface area (Å²) >= 11 is 0. The summed E-state index contributed by atoms with van der Waals surface area (Å²) in [6, 6.07) is 11.5. The minimum atomic E-state index is 0.0493. The van der Waals surface area contributed by atoms with Crippen LogP contribution in [-0.4, -0.2) is 29.5 Å². The Hall–Kier alpha value is -2.30. The highest BCUT2D eigenvalue weighted by molar-refractivity contribution is 5.40. The van der Waals surface area contributed by atoms with Gasteiger partial charge in [0.15, 0.2) is 11.5 Å². The van der Waals surface area contributed by atoms with Gasteiger partial charge in [0.05, 0.1) is 12.3 Å². The van der Waals surface area contributed by atoms with E-state index in [0.717, 1.165) is 30.0 Å². The minimum absolute atomic E-state index is 0.0493. The van der Waals surface area contributed by atoms with Gasteiger partial charge in [-0.15, -0.1) is 5.10 Å². The lowest BCUT2D eigenvalue weighted by Crippen LogP contribution is -2.29. The zero-order valence-corrected chi connectivity index (χ0v) is 12.0. The summed E-state index contributed by atoms with van der Waals surface area (Å²) in [6.45, 7) is 3.09. The fourth-order valence-corrected chi connectivity index (χ4v) is 2.22. The van der Waals surface area contributed by atoms with Crippen LogP contribution >= 0.6 is 0 Å². The Morgan fingerprint density at radius 2 is 2.00 bits per heavy atom. The summed E-state index contributed by atoms with van der Waals surface area (Å²) in [4.78, 5) is 0. The minimum Gasteiger partial charge on any atom is -0.486 e. The number of fused-ring (bicyclic) bond motifs is 1. The molecule has 0 fully saturated rings. The number of nitrogens with zero attached hydrogens (tertiary/aromatic N) is 2. The van der Waals surface area contributed by atoms with E-state index in [4.69, 9.17) is 14.2 Å². The summed E-state index contributed by atoms with van der Waals surface area (Å²) in [5.74, 6) is 2.19. The lowest BCUT2D eigenvalue weighted by atomic mass is 10.1.